The molecule has 3 rings (SSSR count). The van der Waals surface area contributed by atoms with E-state index >= 15 is 0 Å². The summed E-state index contributed by atoms with van der Waals surface area (Å²) in [5.41, 5.74) is 6.77. The summed E-state index contributed by atoms with van der Waals surface area (Å²) in [7, 11) is 0. The standard InChI is InChI=1S/C13H19N5/c1-2-10-4-3-6-17(8-10)13-12-15-5-7-18(12)9-11(14)16-13/h5,7,9-10H,2-4,6,8,14H2,1H3. The van der Waals surface area contributed by atoms with E-state index in [2.05, 4.69) is 21.8 Å². The molecule has 2 N–H and O–H groups in total. The van der Waals surface area contributed by atoms with Crippen molar-refractivity contribution in [3.05, 3.63) is 18.6 Å². The van der Waals surface area contributed by atoms with Crippen molar-refractivity contribution in [2.45, 2.75) is 26.2 Å². The second-order valence-electron chi connectivity index (χ2n) is 5.01. The highest BCUT2D eigenvalue weighted by atomic mass is 15.2. The number of nitrogens with zero attached hydrogens (tertiary/aromatic N) is 4. The second kappa shape index (κ2) is 4.48. The highest BCUT2D eigenvalue weighted by Gasteiger charge is 2.22. The average molecular weight is 245 g/mol. The predicted molar refractivity (Wildman–Crippen MR) is 72.6 cm³/mol. The Morgan fingerprint density at radius 2 is 2.39 bits per heavy atom. The molecule has 0 amide bonds. The fourth-order valence-electron chi connectivity index (χ4n) is 2.74. The van der Waals surface area contributed by atoms with Gasteiger partial charge in [-0.15, -0.1) is 0 Å². The van der Waals surface area contributed by atoms with E-state index in [9.17, 15) is 0 Å². The molecule has 0 spiro atoms. The molecule has 5 heteroatoms. The first kappa shape index (κ1) is 11.3. The molecule has 0 aromatic carbocycles. The number of fused-ring (bicyclic) bond motifs is 1. The molecule has 1 saturated heterocycles. The van der Waals surface area contributed by atoms with Gasteiger partial charge in [-0.05, 0) is 18.8 Å². The van der Waals surface area contributed by atoms with Gasteiger partial charge in [0.1, 0.15) is 5.82 Å². The Morgan fingerprint density at radius 1 is 1.50 bits per heavy atom. The number of nitrogens with two attached hydrogens (primary N) is 1. The molecule has 2 aromatic heterocycles. The van der Waals surface area contributed by atoms with Gasteiger partial charge in [0.15, 0.2) is 11.5 Å². The van der Waals surface area contributed by atoms with Crippen LogP contribution in [0.2, 0.25) is 0 Å². The van der Waals surface area contributed by atoms with E-state index in [0.717, 1.165) is 30.5 Å². The van der Waals surface area contributed by atoms with Crippen LogP contribution in [0.3, 0.4) is 0 Å². The number of imidazole rings is 1. The maximum Gasteiger partial charge on any atom is 0.180 e. The number of nitrogen functional groups attached to an aromatic ring is 1. The van der Waals surface area contributed by atoms with E-state index in [1.807, 2.05) is 16.8 Å². The summed E-state index contributed by atoms with van der Waals surface area (Å²) in [6, 6.07) is 0. The molecule has 3 heterocycles. The van der Waals surface area contributed by atoms with Gasteiger partial charge in [-0.25, -0.2) is 9.97 Å². The lowest BCUT2D eigenvalue weighted by Gasteiger charge is -2.33. The summed E-state index contributed by atoms with van der Waals surface area (Å²) in [5, 5.41) is 0. The van der Waals surface area contributed by atoms with Gasteiger partial charge in [0.2, 0.25) is 0 Å². The first-order valence-corrected chi connectivity index (χ1v) is 6.62. The molecule has 0 bridgehead atoms. The molecule has 1 atom stereocenters. The van der Waals surface area contributed by atoms with Crippen LogP contribution in [0.5, 0.6) is 0 Å². The monoisotopic (exact) mass is 245 g/mol. The SMILES string of the molecule is CCC1CCCN(c2nc(N)cn3ccnc23)C1. The topological polar surface area (TPSA) is 59.5 Å². The lowest BCUT2D eigenvalue weighted by molar-refractivity contribution is 0.403. The Hall–Kier alpha value is -1.78. The highest BCUT2D eigenvalue weighted by Crippen LogP contribution is 2.26. The van der Waals surface area contributed by atoms with Crippen molar-refractivity contribution in [2.75, 3.05) is 23.7 Å². The molecule has 0 saturated carbocycles. The Morgan fingerprint density at radius 3 is 3.22 bits per heavy atom. The van der Waals surface area contributed by atoms with Crippen LogP contribution in [0.1, 0.15) is 26.2 Å². The molecule has 2 aromatic rings. The Bertz CT molecular complexity index is 547. The molecular weight excluding hydrogens is 226 g/mol. The molecule has 0 aliphatic carbocycles. The fraction of sp³-hybridized carbons (Fsp3) is 0.538. The number of aromatic nitrogens is 3. The zero-order valence-electron chi connectivity index (χ0n) is 10.7. The van der Waals surface area contributed by atoms with Gasteiger partial charge in [0.25, 0.3) is 0 Å². The molecule has 5 nitrogen and oxygen atoms in total. The van der Waals surface area contributed by atoms with Crippen LogP contribution < -0.4 is 10.6 Å². The maximum atomic E-state index is 5.87. The Balaban J connectivity index is 2.00. The van der Waals surface area contributed by atoms with Gasteiger partial charge in [-0.1, -0.05) is 13.3 Å². The molecule has 1 unspecified atom stereocenters. The van der Waals surface area contributed by atoms with E-state index in [0.29, 0.717) is 5.82 Å². The summed E-state index contributed by atoms with van der Waals surface area (Å²) in [6.07, 6.45) is 9.29. The predicted octanol–water partition coefficient (Wildman–Crippen LogP) is 1.94. The smallest absolute Gasteiger partial charge is 0.180 e. The number of anilines is 2. The quantitative estimate of drug-likeness (QED) is 0.878. The third kappa shape index (κ3) is 1.89. The molecule has 1 fully saturated rings. The average Bonchev–Trinajstić information content (AvgIpc) is 2.85. The second-order valence-corrected chi connectivity index (χ2v) is 5.01. The van der Waals surface area contributed by atoms with Crippen molar-refractivity contribution < 1.29 is 0 Å². The van der Waals surface area contributed by atoms with Crippen LogP contribution in [0.4, 0.5) is 11.6 Å². The lowest BCUT2D eigenvalue weighted by atomic mass is 9.96. The number of rotatable bonds is 2. The third-order valence-electron chi connectivity index (χ3n) is 3.77. The minimum atomic E-state index is 0.550. The highest BCUT2D eigenvalue weighted by molar-refractivity contribution is 5.66. The minimum Gasteiger partial charge on any atom is -0.382 e. The minimum absolute atomic E-state index is 0.550. The fourth-order valence-corrected chi connectivity index (χ4v) is 2.74. The van der Waals surface area contributed by atoms with Crippen molar-refractivity contribution in [2.24, 2.45) is 5.92 Å². The van der Waals surface area contributed by atoms with Gasteiger partial charge in [0.05, 0.1) is 6.20 Å². The van der Waals surface area contributed by atoms with Crippen LogP contribution >= 0.6 is 0 Å². The summed E-state index contributed by atoms with van der Waals surface area (Å²) in [6.45, 7) is 4.37. The molecule has 0 radical (unpaired) electrons. The van der Waals surface area contributed by atoms with Gasteiger partial charge in [-0.2, -0.15) is 0 Å². The number of hydrogen-bond donors (Lipinski definition) is 1. The molecule has 1 aliphatic rings. The van der Waals surface area contributed by atoms with Gasteiger partial charge in [0, 0.05) is 25.5 Å². The van der Waals surface area contributed by atoms with Gasteiger partial charge >= 0.3 is 0 Å². The summed E-state index contributed by atoms with van der Waals surface area (Å²) in [4.78, 5) is 11.2. The van der Waals surface area contributed by atoms with E-state index < -0.39 is 0 Å². The number of hydrogen-bond acceptors (Lipinski definition) is 4. The van der Waals surface area contributed by atoms with Crippen LogP contribution in [-0.2, 0) is 0 Å². The summed E-state index contributed by atoms with van der Waals surface area (Å²) >= 11 is 0. The molecular formula is C13H19N5. The van der Waals surface area contributed by atoms with E-state index in [1.54, 1.807) is 6.20 Å². The molecule has 18 heavy (non-hydrogen) atoms. The van der Waals surface area contributed by atoms with Crippen molar-refractivity contribution in [1.82, 2.24) is 14.4 Å². The Kier molecular flexibility index (Phi) is 2.81. The van der Waals surface area contributed by atoms with Crippen LogP contribution in [0, 0.1) is 5.92 Å². The van der Waals surface area contributed by atoms with Crippen molar-refractivity contribution in [1.29, 1.82) is 0 Å². The third-order valence-corrected chi connectivity index (χ3v) is 3.77. The first-order chi connectivity index (χ1) is 8.78. The zero-order chi connectivity index (χ0) is 12.5. The number of piperidine rings is 1. The maximum absolute atomic E-state index is 5.87. The Labute approximate surface area is 107 Å². The lowest BCUT2D eigenvalue weighted by Crippen LogP contribution is -2.36. The van der Waals surface area contributed by atoms with Gasteiger partial charge < -0.3 is 15.0 Å². The molecule has 1 aliphatic heterocycles. The molecule has 96 valence electrons. The first-order valence-electron chi connectivity index (χ1n) is 6.62. The largest absolute Gasteiger partial charge is 0.382 e. The summed E-state index contributed by atoms with van der Waals surface area (Å²) in [5.74, 6) is 2.24. The van der Waals surface area contributed by atoms with Crippen molar-refractivity contribution >= 4 is 17.3 Å². The van der Waals surface area contributed by atoms with E-state index in [4.69, 9.17) is 5.73 Å². The van der Waals surface area contributed by atoms with Gasteiger partial charge in [-0.3, -0.25) is 0 Å². The van der Waals surface area contributed by atoms with Crippen LogP contribution in [-0.4, -0.2) is 27.5 Å². The normalized spacial score (nSPS) is 20.5. The van der Waals surface area contributed by atoms with Crippen LogP contribution in [0.25, 0.3) is 5.65 Å². The van der Waals surface area contributed by atoms with Crippen molar-refractivity contribution in [3.8, 4) is 0 Å². The van der Waals surface area contributed by atoms with E-state index in [-0.39, 0.29) is 0 Å². The van der Waals surface area contributed by atoms with Crippen molar-refractivity contribution in [3.63, 3.8) is 0 Å². The van der Waals surface area contributed by atoms with E-state index in [1.165, 1.54) is 19.3 Å². The zero-order valence-corrected chi connectivity index (χ0v) is 10.7. The van der Waals surface area contributed by atoms with Crippen LogP contribution in [0.15, 0.2) is 18.6 Å². The summed E-state index contributed by atoms with van der Waals surface area (Å²) < 4.78 is 1.95.